The molecule has 1 aromatic heterocycles. The van der Waals surface area contributed by atoms with Crippen LogP contribution in [0.2, 0.25) is 0 Å². The predicted molar refractivity (Wildman–Crippen MR) is 128 cm³/mol. The van der Waals surface area contributed by atoms with Gasteiger partial charge in [0.25, 0.3) is 11.8 Å². The molecule has 7 nitrogen and oxygen atoms in total. The van der Waals surface area contributed by atoms with Crippen LogP contribution in [0.3, 0.4) is 0 Å². The summed E-state index contributed by atoms with van der Waals surface area (Å²) < 4.78 is 5.21. The Balaban J connectivity index is 1.17. The summed E-state index contributed by atoms with van der Waals surface area (Å²) >= 11 is 0. The van der Waals surface area contributed by atoms with Crippen LogP contribution >= 0.6 is 0 Å². The van der Waals surface area contributed by atoms with Gasteiger partial charge < -0.3 is 19.5 Å². The van der Waals surface area contributed by atoms with Gasteiger partial charge in [-0.25, -0.2) is 0 Å². The molecule has 176 valence electrons. The first-order valence-electron chi connectivity index (χ1n) is 12.0. The fourth-order valence-corrected chi connectivity index (χ4v) is 5.06. The Morgan fingerprint density at radius 1 is 0.824 bits per heavy atom. The molecule has 0 radical (unpaired) electrons. The summed E-state index contributed by atoms with van der Waals surface area (Å²) in [5, 5.41) is 5.15. The van der Waals surface area contributed by atoms with E-state index < -0.39 is 0 Å². The largest absolute Gasteiger partial charge is 0.459 e. The number of nitrogens with one attached hydrogen (secondary N) is 1. The average Bonchev–Trinajstić information content (AvgIpc) is 3.43. The topological polar surface area (TPSA) is 82.9 Å². The van der Waals surface area contributed by atoms with E-state index in [0.29, 0.717) is 50.3 Å². The summed E-state index contributed by atoms with van der Waals surface area (Å²) in [6, 6.07) is 17.1. The van der Waals surface area contributed by atoms with Gasteiger partial charge in [-0.15, -0.1) is 0 Å². The molecular weight excluding hydrogens is 430 g/mol. The van der Waals surface area contributed by atoms with E-state index in [1.807, 2.05) is 47.4 Å². The Kier molecular flexibility index (Phi) is 6.34. The second kappa shape index (κ2) is 9.71. The van der Waals surface area contributed by atoms with Gasteiger partial charge in [0.2, 0.25) is 5.91 Å². The number of hydrogen-bond acceptors (Lipinski definition) is 4. The van der Waals surface area contributed by atoms with E-state index in [0.717, 1.165) is 23.6 Å². The van der Waals surface area contributed by atoms with Crippen molar-refractivity contribution in [2.24, 2.45) is 5.92 Å². The molecule has 2 aliphatic rings. The Hall–Kier alpha value is -3.61. The first-order valence-corrected chi connectivity index (χ1v) is 12.0. The van der Waals surface area contributed by atoms with Gasteiger partial charge in [-0.2, -0.15) is 0 Å². The van der Waals surface area contributed by atoms with Gasteiger partial charge in [0.05, 0.1) is 12.2 Å². The summed E-state index contributed by atoms with van der Waals surface area (Å²) in [7, 11) is 0. The normalized spacial score (nSPS) is 19.2. The van der Waals surface area contributed by atoms with Crippen molar-refractivity contribution in [1.29, 1.82) is 0 Å². The number of carbonyl (C=O) groups excluding carboxylic acids is 3. The molecule has 3 aromatic rings. The van der Waals surface area contributed by atoms with E-state index in [2.05, 4.69) is 5.32 Å². The van der Waals surface area contributed by atoms with Crippen LogP contribution in [-0.2, 0) is 4.79 Å². The Labute approximate surface area is 198 Å². The lowest BCUT2D eigenvalue weighted by molar-refractivity contribution is -0.127. The van der Waals surface area contributed by atoms with E-state index in [1.165, 1.54) is 6.26 Å². The SMILES string of the molecule is O=C(NC1CCN(C(=O)c2ccco2)CC1)C1CCCN(C(=O)c2cccc3ccccc23)C1. The van der Waals surface area contributed by atoms with Gasteiger partial charge in [-0.05, 0) is 54.7 Å². The van der Waals surface area contributed by atoms with Crippen LogP contribution in [0.15, 0.2) is 65.3 Å². The summed E-state index contributed by atoms with van der Waals surface area (Å²) in [5.74, 6) is 0.0195. The fraction of sp³-hybridized carbons (Fsp3) is 0.370. The third-order valence-corrected chi connectivity index (χ3v) is 6.96. The zero-order chi connectivity index (χ0) is 23.5. The van der Waals surface area contributed by atoms with Crippen molar-refractivity contribution in [3.8, 4) is 0 Å². The molecule has 2 aliphatic heterocycles. The third-order valence-electron chi connectivity index (χ3n) is 6.96. The highest BCUT2D eigenvalue weighted by Crippen LogP contribution is 2.24. The van der Waals surface area contributed by atoms with Gasteiger partial charge in [0.15, 0.2) is 5.76 Å². The van der Waals surface area contributed by atoms with E-state index in [-0.39, 0.29) is 29.7 Å². The number of likely N-dealkylation sites (tertiary alicyclic amines) is 2. The molecule has 3 heterocycles. The van der Waals surface area contributed by atoms with Crippen LogP contribution in [0.5, 0.6) is 0 Å². The molecule has 34 heavy (non-hydrogen) atoms. The van der Waals surface area contributed by atoms with E-state index >= 15 is 0 Å². The quantitative estimate of drug-likeness (QED) is 0.645. The standard InChI is InChI=1S/C27H29N3O4/c31-25(28-21-12-15-29(16-13-21)27(33)24-11-5-17-34-24)20-8-4-14-30(18-20)26(32)23-10-3-7-19-6-1-2-9-22(19)23/h1-3,5-7,9-11,17,20-21H,4,8,12-16,18H2,(H,28,31). The van der Waals surface area contributed by atoms with Crippen LogP contribution in [0.1, 0.15) is 46.6 Å². The number of benzene rings is 2. The van der Waals surface area contributed by atoms with Crippen molar-refractivity contribution in [2.45, 2.75) is 31.7 Å². The first kappa shape index (κ1) is 22.2. The summed E-state index contributed by atoms with van der Waals surface area (Å²) in [6.07, 6.45) is 4.51. The van der Waals surface area contributed by atoms with E-state index in [1.54, 1.807) is 17.0 Å². The van der Waals surface area contributed by atoms with Gasteiger partial charge in [-0.3, -0.25) is 14.4 Å². The first-order chi connectivity index (χ1) is 16.6. The second-order valence-electron chi connectivity index (χ2n) is 9.17. The van der Waals surface area contributed by atoms with Crippen LogP contribution in [0.4, 0.5) is 0 Å². The summed E-state index contributed by atoms with van der Waals surface area (Å²) in [6.45, 7) is 2.27. The minimum absolute atomic E-state index is 0.00577. The van der Waals surface area contributed by atoms with Crippen LogP contribution in [0, 0.1) is 5.92 Å². The van der Waals surface area contributed by atoms with Crippen molar-refractivity contribution in [3.05, 3.63) is 72.2 Å². The zero-order valence-electron chi connectivity index (χ0n) is 19.1. The van der Waals surface area contributed by atoms with Gasteiger partial charge in [-0.1, -0.05) is 36.4 Å². The second-order valence-corrected chi connectivity index (χ2v) is 9.17. The molecule has 3 amide bonds. The van der Waals surface area contributed by atoms with Crippen LogP contribution < -0.4 is 5.32 Å². The number of carbonyl (C=O) groups is 3. The lowest BCUT2D eigenvalue weighted by atomic mass is 9.94. The van der Waals surface area contributed by atoms with Gasteiger partial charge in [0.1, 0.15) is 0 Å². The summed E-state index contributed by atoms with van der Waals surface area (Å²) in [4.78, 5) is 42.4. The number of piperidine rings is 2. The van der Waals surface area contributed by atoms with Crippen molar-refractivity contribution in [3.63, 3.8) is 0 Å². The minimum Gasteiger partial charge on any atom is -0.459 e. The zero-order valence-corrected chi connectivity index (χ0v) is 19.1. The van der Waals surface area contributed by atoms with E-state index in [9.17, 15) is 14.4 Å². The molecule has 2 fully saturated rings. The number of fused-ring (bicyclic) bond motifs is 1. The molecule has 0 spiro atoms. The highest BCUT2D eigenvalue weighted by atomic mass is 16.3. The molecule has 2 saturated heterocycles. The molecule has 1 N–H and O–H groups in total. The van der Waals surface area contributed by atoms with Gasteiger partial charge >= 0.3 is 0 Å². The lowest BCUT2D eigenvalue weighted by Crippen LogP contribution is -2.50. The number of nitrogens with zero attached hydrogens (tertiary/aromatic N) is 2. The Morgan fingerprint density at radius 2 is 1.62 bits per heavy atom. The van der Waals surface area contributed by atoms with Crippen molar-refractivity contribution < 1.29 is 18.8 Å². The fourth-order valence-electron chi connectivity index (χ4n) is 5.06. The smallest absolute Gasteiger partial charge is 0.289 e. The molecule has 0 saturated carbocycles. The number of rotatable bonds is 4. The van der Waals surface area contributed by atoms with E-state index in [4.69, 9.17) is 4.42 Å². The summed E-state index contributed by atoms with van der Waals surface area (Å²) in [5.41, 5.74) is 0.688. The van der Waals surface area contributed by atoms with Crippen molar-refractivity contribution in [2.75, 3.05) is 26.2 Å². The Bertz CT molecular complexity index is 1180. The highest BCUT2D eigenvalue weighted by molar-refractivity contribution is 6.07. The number of furan rings is 1. The Morgan fingerprint density at radius 3 is 2.41 bits per heavy atom. The monoisotopic (exact) mass is 459 g/mol. The van der Waals surface area contributed by atoms with Crippen LogP contribution in [0.25, 0.3) is 10.8 Å². The molecule has 1 atom stereocenters. The molecule has 0 bridgehead atoms. The minimum atomic E-state index is -0.213. The number of amides is 3. The molecular formula is C27H29N3O4. The lowest BCUT2D eigenvalue weighted by Gasteiger charge is -2.35. The molecule has 1 unspecified atom stereocenters. The molecule has 7 heteroatoms. The predicted octanol–water partition coefficient (Wildman–Crippen LogP) is 3.71. The molecule has 0 aliphatic carbocycles. The van der Waals surface area contributed by atoms with Crippen molar-refractivity contribution in [1.82, 2.24) is 15.1 Å². The average molecular weight is 460 g/mol. The number of hydrogen-bond donors (Lipinski definition) is 1. The van der Waals surface area contributed by atoms with Crippen LogP contribution in [-0.4, -0.2) is 59.7 Å². The third kappa shape index (κ3) is 4.55. The maximum atomic E-state index is 13.3. The maximum absolute atomic E-state index is 13.3. The maximum Gasteiger partial charge on any atom is 0.289 e. The van der Waals surface area contributed by atoms with Gasteiger partial charge in [0, 0.05) is 37.8 Å². The molecule has 2 aromatic carbocycles. The highest BCUT2D eigenvalue weighted by Gasteiger charge is 2.32. The molecule has 5 rings (SSSR count). The van der Waals surface area contributed by atoms with Crippen molar-refractivity contribution >= 4 is 28.5 Å².